The fourth-order valence-corrected chi connectivity index (χ4v) is 4.85. The molecular formula is C16H29NO. The van der Waals surface area contributed by atoms with Crippen LogP contribution in [0.4, 0.5) is 0 Å². The Hall–Kier alpha value is -0.0800. The average molecular weight is 251 g/mol. The number of rotatable bonds is 3. The zero-order valence-corrected chi connectivity index (χ0v) is 11.7. The van der Waals surface area contributed by atoms with Crippen molar-refractivity contribution >= 4 is 0 Å². The summed E-state index contributed by atoms with van der Waals surface area (Å²) in [6.07, 6.45) is 13.8. The van der Waals surface area contributed by atoms with E-state index in [1.807, 2.05) is 0 Å². The molecule has 2 aliphatic carbocycles. The lowest BCUT2D eigenvalue weighted by atomic mass is 9.76. The van der Waals surface area contributed by atoms with E-state index in [2.05, 4.69) is 4.90 Å². The maximum atomic E-state index is 9.82. The van der Waals surface area contributed by atoms with Crippen molar-refractivity contribution in [3.63, 3.8) is 0 Å². The Bertz CT molecular complexity index is 270. The first-order chi connectivity index (χ1) is 8.83. The van der Waals surface area contributed by atoms with Crippen LogP contribution in [0.1, 0.15) is 64.2 Å². The standard InChI is InChI=1S/C16H29NO/c18-13-16(9-3-4-10-16)12-17-11-5-7-14-6-1-2-8-15(14)17/h14-15,18H,1-13H2/t14-,15-/m1/s1. The zero-order valence-electron chi connectivity index (χ0n) is 11.7. The van der Waals surface area contributed by atoms with E-state index in [0.717, 1.165) is 12.0 Å². The first-order valence-corrected chi connectivity index (χ1v) is 8.18. The van der Waals surface area contributed by atoms with E-state index >= 15 is 0 Å². The van der Waals surface area contributed by atoms with Crippen LogP contribution in [0.3, 0.4) is 0 Å². The first-order valence-electron chi connectivity index (χ1n) is 8.18. The molecule has 0 aromatic carbocycles. The Morgan fingerprint density at radius 1 is 0.944 bits per heavy atom. The number of aliphatic hydroxyl groups excluding tert-OH is 1. The second-order valence-corrected chi connectivity index (χ2v) is 7.09. The minimum absolute atomic E-state index is 0.263. The van der Waals surface area contributed by atoms with Crippen molar-refractivity contribution in [2.45, 2.75) is 70.3 Å². The van der Waals surface area contributed by atoms with E-state index in [4.69, 9.17) is 0 Å². The molecule has 0 spiro atoms. The highest BCUT2D eigenvalue weighted by molar-refractivity contribution is 4.93. The predicted octanol–water partition coefficient (Wildman–Crippen LogP) is 3.19. The van der Waals surface area contributed by atoms with Crippen molar-refractivity contribution in [3.05, 3.63) is 0 Å². The summed E-state index contributed by atoms with van der Waals surface area (Å²) < 4.78 is 0. The first kappa shape index (κ1) is 12.9. The molecule has 2 atom stereocenters. The number of aliphatic hydroxyl groups is 1. The Morgan fingerprint density at radius 2 is 1.67 bits per heavy atom. The minimum Gasteiger partial charge on any atom is -0.396 e. The largest absolute Gasteiger partial charge is 0.396 e. The Morgan fingerprint density at radius 3 is 2.44 bits per heavy atom. The number of likely N-dealkylation sites (tertiary alicyclic amines) is 1. The predicted molar refractivity (Wildman–Crippen MR) is 74.5 cm³/mol. The Labute approximate surface area is 112 Å². The van der Waals surface area contributed by atoms with Crippen LogP contribution in [0.2, 0.25) is 0 Å². The van der Waals surface area contributed by atoms with Crippen LogP contribution in [0.5, 0.6) is 0 Å². The normalized spacial score (nSPS) is 36.5. The van der Waals surface area contributed by atoms with Crippen LogP contribution in [-0.2, 0) is 0 Å². The SMILES string of the molecule is OCC1(CN2CCC[C@H]3CCCC[C@H]32)CCCC1. The zero-order chi connectivity index (χ0) is 12.4. The lowest BCUT2D eigenvalue weighted by molar-refractivity contribution is 0.00470. The monoisotopic (exact) mass is 251 g/mol. The van der Waals surface area contributed by atoms with Crippen LogP contribution in [-0.4, -0.2) is 35.7 Å². The molecule has 2 heteroatoms. The summed E-state index contributed by atoms with van der Waals surface area (Å²) in [4.78, 5) is 2.77. The van der Waals surface area contributed by atoms with E-state index in [9.17, 15) is 5.11 Å². The highest BCUT2D eigenvalue weighted by atomic mass is 16.3. The number of fused-ring (bicyclic) bond motifs is 1. The molecule has 3 aliphatic rings. The Balaban J connectivity index is 1.66. The van der Waals surface area contributed by atoms with Gasteiger partial charge in [0.15, 0.2) is 0 Å². The molecule has 0 bridgehead atoms. The topological polar surface area (TPSA) is 23.5 Å². The summed E-state index contributed by atoms with van der Waals surface area (Å²) in [7, 11) is 0. The van der Waals surface area contributed by atoms with Crippen molar-refractivity contribution < 1.29 is 5.11 Å². The minimum atomic E-state index is 0.263. The molecule has 0 unspecified atom stereocenters. The van der Waals surface area contributed by atoms with Gasteiger partial charge >= 0.3 is 0 Å². The van der Waals surface area contributed by atoms with E-state index in [0.29, 0.717) is 6.61 Å². The molecule has 0 amide bonds. The maximum Gasteiger partial charge on any atom is 0.0499 e. The van der Waals surface area contributed by atoms with Crippen LogP contribution >= 0.6 is 0 Å². The summed E-state index contributed by atoms with van der Waals surface area (Å²) in [6.45, 7) is 2.90. The summed E-state index contributed by atoms with van der Waals surface area (Å²) >= 11 is 0. The molecule has 1 heterocycles. The van der Waals surface area contributed by atoms with Crippen molar-refractivity contribution in [1.29, 1.82) is 0 Å². The molecule has 1 aliphatic heterocycles. The van der Waals surface area contributed by atoms with Gasteiger partial charge in [-0.1, -0.05) is 25.7 Å². The van der Waals surface area contributed by atoms with Crippen molar-refractivity contribution in [2.24, 2.45) is 11.3 Å². The molecule has 18 heavy (non-hydrogen) atoms. The van der Waals surface area contributed by atoms with E-state index in [1.54, 1.807) is 0 Å². The van der Waals surface area contributed by atoms with Gasteiger partial charge in [0.25, 0.3) is 0 Å². The number of piperidine rings is 1. The van der Waals surface area contributed by atoms with E-state index < -0.39 is 0 Å². The van der Waals surface area contributed by atoms with Crippen LogP contribution in [0, 0.1) is 11.3 Å². The van der Waals surface area contributed by atoms with E-state index in [1.165, 1.54) is 77.3 Å². The third-order valence-electron chi connectivity index (χ3n) is 5.90. The lowest BCUT2D eigenvalue weighted by Gasteiger charge is -2.47. The smallest absolute Gasteiger partial charge is 0.0499 e. The second-order valence-electron chi connectivity index (χ2n) is 7.09. The summed E-state index contributed by atoms with van der Waals surface area (Å²) in [5.41, 5.74) is 0.263. The molecule has 2 nitrogen and oxygen atoms in total. The van der Waals surface area contributed by atoms with Gasteiger partial charge in [0.1, 0.15) is 0 Å². The molecule has 3 rings (SSSR count). The van der Waals surface area contributed by atoms with Gasteiger partial charge < -0.3 is 5.11 Å². The molecule has 0 aromatic rings. The lowest BCUT2D eigenvalue weighted by Crippen LogP contribution is -2.51. The van der Waals surface area contributed by atoms with Gasteiger partial charge in [0.2, 0.25) is 0 Å². The molecule has 3 fully saturated rings. The summed E-state index contributed by atoms with van der Waals surface area (Å²) in [5.74, 6) is 0.977. The number of hydrogen-bond acceptors (Lipinski definition) is 2. The van der Waals surface area contributed by atoms with Gasteiger partial charge in [-0.2, -0.15) is 0 Å². The molecule has 0 radical (unpaired) electrons. The fourth-order valence-electron chi connectivity index (χ4n) is 4.85. The van der Waals surface area contributed by atoms with Crippen molar-refractivity contribution in [3.8, 4) is 0 Å². The molecule has 104 valence electrons. The van der Waals surface area contributed by atoms with E-state index in [-0.39, 0.29) is 5.41 Å². The molecular weight excluding hydrogens is 222 g/mol. The van der Waals surface area contributed by atoms with Gasteiger partial charge in [-0.05, 0) is 51.0 Å². The molecule has 0 aromatic heterocycles. The van der Waals surface area contributed by atoms with Crippen LogP contribution in [0.15, 0.2) is 0 Å². The third-order valence-corrected chi connectivity index (χ3v) is 5.90. The quantitative estimate of drug-likeness (QED) is 0.832. The number of hydrogen-bond donors (Lipinski definition) is 1. The van der Waals surface area contributed by atoms with Gasteiger partial charge in [-0.15, -0.1) is 0 Å². The summed E-state index contributed by atoms with van der Waals surface area (Å²) in [6, 6.07) is 0.858. The average Bonchev–Trinajstić information content (AvgIpc) is 2.88. The molecule has 2 saturated carbocycles. The molecule has 1 saturated heterocycles. The van der Waals surface area contributed by atoms with Crippen LogP contribution in [0.25, 0.3) is 0 Å². The van der Waals surface area contributed by atoms with Gasteiger partial charge in [-0.3, -0.25) is 4.90 Å². The summed E-state index contributed by atoms with van der Waals surface area (Å²) in [5, 5.41) is 9.82. The van der Waals surface area contributed by atoms with Gasteiger partial charge in [0, 0.05) is 24.6 Å². The third kappa shape index (κ3) is 2.46. The number of nitrogens with zero attached hydrogens (tertiary/aromatic N) is 1. The Kier molecular flexibility index (Phi) is 3.95. The van der Waals surface area contributed by atoms with Gasteiger partial charge in [0.05, 0.1) is 0 Å². The van der Waals surface area contributed by atoms with Gasteiger partial charge in [-0.25, -0.2) is 0 Å². The van der Waals surface area contributed by atoms with Crippen molar-refractivity contribution in [1.82, 2.24) is 4.90 Å². The highest BCUT2D eigenvalue weighted by Gasteiger charge is 2.40. The van der Waals surface area contributed by atoms with Crippen molar-refractivity contribution in [2.75, 3.05) is 19.7 Å². The fraction of sp³-hybridized carbons (Fsp3) is 1.00. The molecule has 1 N–H and O–H groups in total. The highest BCUT2D eigenvalue weighted by Crippen LogP contribution is 2.42. The second kappa shape index (κ2) is 5.50. The van der Waals surface area contributed by atoms with Crippen LogP contribution < -0.4 is 0 Å². The maximum absolute atomic E-state index is 9.82.